The number of rotatable bonds is 13. The number of carbonyl (C=O) groups excluding carboxylic acids is 2. The second-order valence-corrected chi connectivity index (χ2v) is 9.05. The van der Waals surface area contributed by atoms with Crippen molar-refractivity contribution in [3.63, 3.8) is 0 Å². The number of carbonyl (C=O) groups is 2. The molecule has 8 nitrogen and oxygen atoms in total. The van der Waals surface area contributed by atoms with E-state index in [9.17, 15) is 19.8 Å². The van der Waals surface area contributed by atoms with Crippen LogP contribution in [0, 0.1) is 13.8 Å². The second-order valence-electron chi connectivity index (χ2n) is 6.99. The van der Waals surface area contributed by atoms with E-state index in [4.69, 9.17) is 18.3 Å². The quantitative estimate of drug-likeness (QED) is 0.405. The highest BCUT2D eigenvalue weighted by atomic mass is 32.2. The van der Waals surface area contributed by atoms with Crippen molar-refractivity contribution >= 4 is 35.5 Å². The van der Waals surface area contributed by atoms with E-state index in [2.05, 4.69) is 0 Å². The minimum absolute atomic E-state index is 0.164. The molecule has 0 aliphatic rings. The highest BCUT2D eigenvalue weighted by Gasteiger charge is 2.20. The lowest BCUT2D eigenvalue weighted by Gasteiger charge is -2.17. The molecule has 0 bridgehead atoms. The molecule has 178 valence electrons. The third-order valence-electron chi connectivity index (χ3n) is 4.53. The molecule has 2 aromatic heterocycles. The van der Waals surface area contributed by atoms with Gasteiger partial charge in [0.25, 0.3) is 0 Å². The smallest absolute Gasteiger partial charge is 0.374 e. The van der Waals surface area contributed by atoms with Crippen LogP contribution in [0.3, 0.4) is 0 Å². The summed E-state index contributed by atoms with van der Waals surface area (Å²) in [6.45, 7) is 7.55. The molecular formula is C22H30O8S2. The molecule has 0 spiro atoms. The summed E-state index contributed by atoms with van der Waals surface area (Å²) in [6, 6.07) is 3.30. The first-order valence-electron chi connectivity index (χ1n) is 10.3. The lowest BCUT2D eigenvalue weighted by molar-refractivity contribution is 0.0480. The maximum atomic E-state index is 11.7. The number of esters is 2. The molecule has 10 heteroatoms. The molecule has 0 fully saturated rings. The van der Waals surface area contributed by atoms with Gasteiger partial charge in [-0.2, -0.15) is 23.5 Å². The number of hydrogen-bond acceptors (Lipinski definition) is 10. The predicted molar refractivity (Wildman–Crippen MR) is 123 cm³/mol. The Bertz CT molecular complexity index is 816. The Morgan fingerprint density at radius 2 is 1.22 bits per heavy atom. The van der Waals surface area contributed by atoms with Crippen LogP contribution in [-0.2, 0) is 21.0 Å². The van der Waals surface area contributed by atoms with Crippen molar-refractivity contribution in [3.05, 3.63) is 46.3 Å². The Labute approximate surface area is 196 Å². The van der Waals surface area contributed by atoms with Crippen LogP contribution in [0.4, 0.5) is 0 Å². The normalized spacial score (nSPS) is 13.1. The van der Waals surface area contributed by atoms with Gasteiger partial charge in [-0.25, -0.2) is 9.59 Å². The summed E-state index contributed by atoms with van der Waals surface area (Å²) in [6.07, 6.45) is -1.80. The van der Waals surface area contributed by atoms with E-state index in [1.54, 1.807) is 39.8 Å². The van der Waals surface area contributed by atoms with Crippen LogP contribution in [0.1, 0.15) is 57.6 Å². The second kappa shape index (κ2) is 13.0. The van der Waals surface area contributed by atoms with Gasteiger partial charge in [-0.3, -0.25) is 0 Å². The van der Waals surface area contributed by atoms with Gasteiger partial charge in [0.1, 0.15) is 11.5 Å². The van der Waals surface area contributed by atoms with E-state index in [0.717, 1.165) is 11.1 Å². The summed E-state index contributed by atoms with van der Waals surface area (Å²) in [5.41, 5.74) is 1.70. The summed E-state index contributed by atoms with van der Waals surface area (Å²) in [7, 11) is 0. The number of aliphatic hydroxyl groups is 2. The van der Waals surface area contributed by atoms with Gasteiger partial charge in [-0.1, -0.05) is 0 Å². The molecule has 0 aromatic carbocycles. The number of thioether (sulfide) groups is 2. The zero-order valence-corrected chi connectivity index (χ0v) is 20.3. The Hall–Kier alpha value is -1.88. The molecule has 2 rings (SSSR count). The van der Waals surface area contributed by atoms with Crippen LogP contribution in [0.15, 0.2) is 21.0 Å². The molecule has 32 heavy (non-hydrogen) atoms. The lowest BCUT2D eigenvalue weighted by Crippen LogP contribution is -2.30. The Kier molecular flexibility index (Phi) is 10.7. The van der Waals surface area contributed by atoms with Crippen molar-refractivity contribution in [3.8, 4) is 0 Å². The van der Waals surface area contributed by atoms with E-state index in [0.29, 0.717) is 34.5 Å². The van der Waals surface area contributed by atoms with Crippen molar-refractivity contribution in [2.24, 2.45) is 0 Å². The van der Waals surface area contributed by atoms with Crippen LogP contribution >= 0.6 is 23.5 Å². The fraction of sp³-hybridized carbons (Fsp3) is 0.545. The van der Waals surface area contributed by atoms with Crippen molar-refractivity contribution in [1.82, 2.24) is 0 Å². The highest BCUT2D eigenvalue weighted by molar-refractivity contribution is 7.98. The Morgan fingerprint density at radius 1 is 0.844 bits per heavy atom. The third-order valence-corrected chi connectivity index (χ3v) is 6.72. The number of furan rings is 2. The van der Waals surface area contributed by atoms with E-state index in [-0.39, 0.29) is 24.7 Å². The molecular weight excluding hydrogens is 456 g/mol. The summed E-state index contributed by atoms with van der Waals surface area (Å²) >= 11 is 2.88. The zero-order valence-electron chi connectivity index (χ0n) is 18.7. The molecule has 2 N–H and O–H groups in total. The first-order valence-corrected chi connectivity index (χ1v) is 12.6. The summed E-state index contributed by atoms with van der Waals surface area (Å²) in [5, 5.41) is 20.5. The number of aryl methyl sites for hydroxylation is 2. The Morgan fingerprint density at radius 3 is 1.56 bits per heavy atom. The first kappa shape index (κ1) is 26.4. The van der Waals surface area contributed by atoms with Crippen LogP contribution < -0.4 is 0 Å². The molecule has 0 unspecified atom stereocenters. The fourth-order valence-corrected chi connectivity index (χ4v) is 4.91. The van der Waals surface area contributed by atoms with Gasteiger partial charge < -0.3 is 28.5 Å². The van der Waals surface area contributed by atoms with Gasteiger partial charge in [0.05, 0.1) is 25.4 Å². The van der Waals surface area contributed by atoms with Crippen molar-refractivity contribution in [1.29, 1.82) is 0 Å². The molecule has 0 saturated heterocycles. The number of aliphatic hydroxyl groups excluding tert-OH is 2. The fourth-order valence-electron chi connectivity index (χ4n) is 2.73. The monoisotopic (exact) mass is 486 g/mol. The average Bonchev–Trinajstić information content (AvgIpc) is 3.31. The number of ether oxygens (including phenoxy) is 2. The third kappa shape index (κ3) is 7.61. The van der Waals surface area contributed by atoms with Crippen molar-refractivity contribution in [2.75, 3.05) is 24.7 Å². The lowest BCUT2D eigenvalue weighted by atomic mass is 10.2. The summed E-state index contributed by atoms with van der Waals surface area (Å²) < 4.78 is 20.7. The van der Waals surface area contributed by atoms with Gasteiger partial charge in [0.15, 0.2) is 0 Å². The minimum atomic E-state index is -0.898. The molecule has 0 amide bonds. The maximum absolute atomic E-state index is 11.7. The SMILES string of the molecule is CCOC(=O)c1cc(CSC[C@@H](O)[C@@H](O)CSCc2cc(C(=O)OCC)oc2C)c(C)o1. The summed E-state index contributed by atoms with van der Waals surface area (Å²) in [5.74, 6) is 2.33. The standard InChI is InChI=1S/C22H30O8S2/c1-5-27-21(25)19-7-15(13(3)29-19)9-31-11-17(23)18(24)12-32-10-16-8-20(30-14(16)4)22(26)28-6-2/h7-8,17-18,23-24H,5-6,9-12H2,1-4H3/t17-,18+. The predicted octanol–water partition coefficient (Wildman–Crippen LogP) is 3.73. The van der Waals surface area contributed by atoms with Gasteiger partial charge in [-0.05, 0) is 39.8 Å². The number of hydrogen-bond donors (Lipinski definition) is 2. The van der Waals surface area contributed by atoms with E-state index in [1.165, 1.54) is 23.5 Å². The summed E-state index contributed by atoms with van der Waals surface area (Å²) in [4.78, 5) is 23.5. The van der Waals surface area contributed by atoms with Gasteiger partial charge in [0.2, 0.25) is 11.5 Å². The average molecular weight is 487 g/mol. The zero-order chi connectivity index (χ0) is 23.7. The molecule has 0 saturated carbocycles. The van der Waals surface area contributed by atoms with Crippen LogP contribution in [-0.4, -0.2) is 59.1 Å². The van der Waals surface area contributed by atoms with Crippen LogP contribution in [0.2, 0.25) is 0 Å². The van der Waals surface area contributed by atoms with Gasteiger partial charge in [-0.15, -0.1) is 0 Å². The highest BCUT2D eigenvalue weighted by Crippen LogP contribution is 2.24. The largest absolute Gasteiger partial charge is 0.460 e. The minimum Gasteiger partial charge on any atom is -0.460 e. The first-order chi connectivity index (χ1) is 15.3. The van der Waals surface area contributed by atoms with Crippen LogP contribution in [0.5, 0.6) is 0 Å². The molecule has 0 aliphatic heterocycles. The van der Waals surface area contributed by atoms with Gasteiger partial charge in [0, 0.05) is 34.1 Å². The molecule has 2 heterocycles. The molecule has 0 radical (unpaired) electrons. The van der Waals surface area contributed by atoms with E-state index >= 15 is 0 Å². The molecule has 0 aliphatic carbocycles. The molecule has 2 atom stereocenters. The maximum Gasteiger partial charge on any atom is 0.374 e. The van der Waals surface area contributed by atoms with E-state index in [1.807, 2.05) is 0 Å². The molecule has 2 aromatic rings. The topological polar surface area (TPSA) is 119 Å². The van der Waals surface area contributed by atoms with E-state index < -0.39 is 24.1 Å². The van der Waals surface area contributed by atoms with Crippen LogP contribution in [0.25, 0.3) is 0 Å². The van der Waals surface area contributed by atoms with Crippen molar-refractivity contribution < 1.29 is 38.1 Å². The van der Waals surface area contributed by atoms with Crippen molar-refractivity contribution in [2.45, 2.75) is 51.4 Å². The van der Waals surface area contributed by atoms with Gasteiger partial charge >= 0.3 is 11.9 Å². The Balaban J connectivity index is 1.74.